The number of hydrogen-bond donors (Lipinski definition) is 1. The maximum absolute atomic E-state index is 5.41. The Morgan fingerprint density at radius 2 is 2.35 bits per heavy atom. The van der Waals surface area contributed by atoms with Crippen molar-refractivity contribution in [2.75, 3.05) is 0 Å². The van der Waals surface area contributed by atoms with E-state index in [9.17, 15) is 0 Å². The summed E-state index contributed by atoms with van der Waals surface area (Å²) in [5.41, 5.74) is 2.75. The van der Waals surface area contributed by atoms with Gasteiger partial charge in [-0.05, 0) is 43.0 Å². The van der Waals surface area contributed by atoms with E-state index in [0.717, 1.165) is 16.8 Å². The zero-order valence-electron chi connectivity index (χ0n) is 10.1. The second-order valence-electron chi connectivity index (χ2n) is 5.16. The fraction of sp³-hybridized carbons (Fsp3) is 0.538. The summed E-state index contributed by atoms with van der Waals surface area (Å²) in [6, 6.07) is 2.05. The molecule has 0 spiro atoms. The number of pyridine rings is 1. The second kappa shape index (κ2) is 3.95. The first-order chi connectivity index (χ1) is 8.24. The monoisotopic (exact) mass is 247 g/mol. The van der Waals surface area contributed by atoms with Crippen LogP contribution in [0.15, 0.2) is 18.5 Å². The van der Waals surface area contributed by atoms with Crippen molar-refractivity contribution in [1.29, 1.82) is 0 Å². The molecule has 3 nitrogen and oxygen atoms in total. The zero-order chi connectivity index (χ0) is 11.9. The molecule has 0 saturated heterocycles. The smallest absolute Gasteiger partial charge is 0.178 e. The molecule has 2 aromatic rings. The number of rotatable bonds is 4. The quantitative estimate of drug-likeness (QED) is 0.836. The van der Waals surface area contributed by atoms with Gasteiger partial charge in [-0.1, -0.05) is 13.3 Å². The molecule has 1 N–H and O–H groups in total. The van der Waals surface area contributed by atoms with Crippen LogP contribution in [-0.2, 0) is 6.54 Å². The van der Waals surface area contributed by atoms with E-state index in [1.807, 2.05) is 18.5 Å². The highest BCUT2D eigenvalue weighted by molar-refractivity contribution is 7.71. The molecule has 2 aromatic heterocycles. The largest absolute Gasteiger partial charge is 0.329 e. The molecule has 0 amide bonds. The standard InChI is InChI=1S/C13H17N3S/c1-2-4-13(5-6-13)9-16-11-3-7-14-8-10(11)15-12(16)17/h3,7-8H,2,4-6,9H2,1H3,(H,15,17). The van der Waals surface area contributed by atoms with Crippen molar-refractivity contribution < 1.29 is 0 Å². The number of nitrogens with zero attached hydrogens (tertiary/aromatic N) is 2. The predicted octanol–water partition coefficient (Wildman–Crippen LogP) is 3.67. The third kappa shape index (κ3) is 1.90. The average molecular weight is 247 g/mol. The molecule has 0 unspecified atom stereocenters. The van der Waals surface area contributed by atoms with E-state index in [1.165, 1.54) is 31.2 Å². The maximum Gasteiger partial charge on any atom is 0.178 e. The van der Waals surface area contributed by atoms with Crippen molar-refractivity contribution in [2.24, 2.45) is 5.41 Å². The normalized spacial score (nSPS) is 17.5. The summed E-state index contributed by atoms with van der Waals surface area (Å²) >= 11 is 5.41. The number of imidazole rings is 1. The molecule has 0 atom stereocenters. The van der Waals surface area contributed by atoms with Crippen molar-refractivity contribution >= 4 is 23.3 Å². The minimum atomic E-state index is 0.519. The highest BCUT2D eigenvalue weighted by Crippen LogP contribution is 2.51. The molecule has 0 aliphatic heterocycles. The Balaban J connectivity index is 2.00. The molecule has 1 saturated carbocycles. The van der Waals surface area contributed by atoms with Gasteiger partial charge in [0.15, 0.2) is 4.77 Å². The molecule has 3 rings (SSSR count). The van der Waals surface area contributed by atoms with Crippen molar-refractivity contribution in [1.82, 2.24) is 14.5 Å². The summed E-state index contributed by atoms with van der Waals surface area (Å²) in [6.45, 7) is 3.32. The van der Waals surface area contributed by atoms with Gasteiger partial charge in [0.25, 0.3) is 0 Å². The van der Waals surface area contributed by atoms with Crippen LogP contribution in [0.3, 0.4) is 0 Å². The van der Waals surface area contributed by atoms with E-state index in [1.54, 1.807) is 0 Å². The highest BCUT2D eigenvalue weighted by atomic mass is 32.1. The van der Waals surface area contributed by atoms with Crippen molar-refractivity contribution in [3.8, 4) is 0 Å². The summed E-state index contributed by atoms with van der Waals surface area (Å²) in [5, 5.41) is 0. The topological polar surface area (TPSA) is 33.6 Å². The number of fused-ring (bicyclic) bond motifs is 1. The summed E-state index contributed by atoms with van der Waals surface area (Å²) in [7, 11) is 0. The summed E-state index contributed by atoms with van der Waals surface area (Å²) < 4.78 is 3.07. The number of nitrogens with one attached hydrogen (secondary N) is 1. The average Bonchev–Trinajstić information content (AvgIpc) is 3.00. The van der Waals surface area contributed by atoms with Gasteiger partial charge in [0.05, 0.1) is 17.2 Å². The lowest BCUT2D eigenvalue weighted by atomic mass is 10.0. The van der Waals surface area contributed by atoms with Crippen molar-refractivity contribution in [2.45, 2.75) is 39.2 Å². The van der Waals surface area contributed by atoms with Crippen LogP contribution >= 0.6 is 12.2 Å². The van der Waals surface area contributed by atoms with Crippen LogP contribution in [0, 0.1) is 10.2 Å². The molecule has 1 aliphatic carbocycles. The summed E-state index contributed by atoms with van der Waals surface area (Å²) in [6.07, 6.45) is 8.95. The van der Waals surface area contributed by atoms with Gasteiger partial charge in [-0.3, -0.25) is 4.98 Å². The number of aromatic nitrogens is 3. The Kier molecular flexibility index (Phi) is 2.54. The van der Waals surface area contributed by atoms with E-state index in [-0.39, 0.29) is 0 Å². The van der Waals surface area contributed by atoms with E-state index in [2.05, 4.69) is 21.5 Å². The van der Waals surface area contributed by atoms with Crippen LogP contribution in [0.2, 0.25) is 0 Å². The molecule has 17 heavy (non-hydrogen) atoms. The molecule has 0 radical (unpaired) electrons. The highest BCUT2D eigenvalue weighted by Gasteiger charge is 2.42. The Morgan fingerprint density at radius 1 is 1.53 bits per heavy atom. The fourth-order valence-corrected chi connectivity index (χ4v) is 2.97. The SMILES string of the molecule is CCCC1(Cn2c(=S)[nH]c3cnccc32)CC1. The number of hydrogen-bond acceptors (Lipinski definition) is 2. The molecule has 90 valence electrons. The Hall–Kier alpha value is -1.16. The zero-order valence-corrected chi connectivity index (χ0v) is 10.9. The first kappa shape index (κ1) is 11.0. The van der Waals surface area contributed by atoms with Crippen LogP contribution in [0.5, 0.6) is 0 Å². The molecule has 0 aromatic carbocycles. The first-order valence-electron chi connectivity index (χ1n) is 6.27. The lowest BCUT2D eigenvalue weighted by molar-refractivity contribution is 0.391. The molecule has 1 fully saturated rings. The first-order valence-corrected chi connectivity index (χ1v) is 6.67. The number of H-pyrrole nitrogens is 1. The van der Waals surface area contributed by atoms with Gasteiger partial charge in [0.2, 0.25) is 0 Å². The van der Waals surface area contributed by atoms with Crippen molar-refractivity contribution in [3.63, 3.8) is 0 Å². The Bertz CT molecular complexity index is 592. The second-order valence-corrected chi connectivity index (χ2v) is 5.55. The number of aromatic amines is 1. The van der Waals surface area contributed by atoms with Crippen LogP contribution in [0.4, 0.5) is 0 Å². The molecular weight excluding hydrogens is 230 g/mol. The molecular formula is C13H17N3S. The molecule has 1 aliphatic rings. The summed E-state index contributed by atoms with van der Waals surface area (Å²) in [4.78, 5) is 7.36. The lowest BCUT2D eigenvalue weighted by Crippen LogP contribution is -2.11. The summed E-state index contributed by atoms with van der Waals surface area (Å²) in [5.74, 6) is 0. The van der Waals surface area contributed by atoms with Crippen LogP contribution in [-0.4, -0.2) is 14.5 Å². The third-order valence-corrected chi connectivity index (χ3v) is 4.13. The van der Waals surface area contributed by atoms with Gasteiger partial charge in [-0.2, -0.15) is 0 Å². The van der Waals surface area contributed by atoms with E-state index < -0.39 is 0 Å². The minimum Gasteiger partial charge on any atom is -0.329 e. The third-order valence-electron chi connectivity index (χ3n) is 3.81. The molecule has 2 heterocycles. The van der Waals surface area contributed by atoms with E-state index in [0.29, 0.717) is 5.41 Å². The lowest BCUT2D eigenvalue weighted by Gasteiger charge is -2.15. The van der Waals surface area contributed by atoms with Gasteiger partial charge < -0.3 is 9.55 Å². The molecule has 0 bridgehead atoms. The van der Waals surface area contributed by atoms with Crippen molar-refractivity contribution in [3.05, 3.63) is 23.2 Å². The van der Waals surface area contributed by atoms with Crippen LogP contribution in [0.25, 0.3) is 11.0 Å². The van der Waals surface area contributed by atoms with Gasteiger partial charge in [-0.25, -0.2) is 0 Å². The molecule has 4 heteroatoms. The Morgan fingerprint density at radius 3 is 3.06 bits per heavy atom. The van der Waals surface area contributed by atoms with Gasteiger partial charge in [-0.15, -0.1) is 0 Å². The van der Waals surface area contributed by atoms with Gasteiger partial charge in [0, 0.05) is 12.7 Å². The van der Waals surface area contributed by atoms with Gasteiger partial charge >= 0.3 is 0 Å². The maximum atomic E-state index is 5.41. The Labute approximate surface area is 106 Å². The van der Waals surface area contributed by atoms with Crippen LogP contribution in [0.1, 0.15) is 32.6 Å². The fourth-order valence-electron chi connectivity index (χ4n) is 2.70. The van der Waals surface area contributed by atoms with E-state index in [4.69, 9.17) is 12.2 Å². The minimum absolute atomic E-state index is 0.519. The predicted molar refractivity (Wildman–Crippen MR) is 71.5 cm³/mol. The van der Waals surface area contributed by atoms with E-state index >= 15 is 0 Å². The van der Waals surface area contributed by atoms with Gasteiger partial charge in [0.1, 0.15) is 0 Å². The van der Waals surface area contributed by atoms with Crippen LogP contribution < -0.4 is 0 Å².